The maximum Gasteiger partial charge on any atom is 0.328 e. The fraction of sp³-hybridized carbons (Fsp3) is 0.500. The van der Waals surface area contributed by atoms with Crippen molar-refractivity contribution in [1.29, 1.82) is 0 Å². The van der Waals surface area contributed by atoms with Crippen molar-refractivity contribution in [1.82, 2.24) is 4.72 Å². The van der Waals surface area contributed by atoms with Crippen LogP contribution in [0.2, 0.25) is 0 Å². The molecule has 116 valence electrons. The van der Waals surface area contributed by atoms with Gasteiger partial charge in [-0.05, 0) is 18.4 Å². The molecule has 0 amide bonds. The minimum absolute atomic E-state index is 0.416. The third-order valence-electron chi connectivity index (χ3n) is 3.46. The van der Waals surface area contributed by atoms with E-state index in [0.29, 0.717) is 31.6 Å². The molecule has 0 aromatic heterocycles. The number of carbonyl (C=O) groups excluding carboxylic acids is 1. The average Bonchev–Trinajstić information content (AvgIpc) is 2.53. The summed E-state index contributed by atoms with van der Waals surface area (Å²) in [7, 11) is -2.38. The molecule has 0 spiro atoms. The number of sulfonamides is 1. The Labute approximate surface area is 124 Å². The van der Waals surface area contributed by atoms with Gasteiger partial charge in [0.1, 0.15) is 6.04 Å². The van der Waals surface area contributed by atoms with E-state index in [2.05, 4.69) is 4.72 Å². The van der Waals surface area contributed by atoms with Crippen LogP contribution in [0.4, 0.5) is 0 Å². The Morgan fingerprint density at radius 1 is 1.29 bits per heavy atom. The van der Waals surface area contributed by atoms with Gasteiger partial charge in [0.2, 0.25) is 10.0 Å². The van der Waals surface area contributed by atoms with Gasteiger partial charge in [0.05, 0.1) is 12.4 Å². The van der Waals surface area contributed by atoms with Gasteiger partial charge in [0.25, 0.3) is 0 Å². The molecule has 2 rings (SSSR count). The van der Waals surface area contributed by atoms with Crippen LogP contribution in [-0.2, 0) is 24.3 Å². The molecular weight excluding hydrogens is 294 g/mol. The first-order valence-corrected chi connectivity index (χ1v) is 8.31. The van der Waals surface area contributed by atoms with E-state index < -0.39 is 27.3 Å². The zero-order chi connectivity index (χ0) is 15.3. The highest BCUT2D eigenvalue weighted by molar-refractivity contribution is 7.90. The number of benzene rings is 1. The summed E-state index contributed by atoms with van der Waals surface area (Å²) in [6.07, 6.45) is 0.857. The molecule has 21 heavy (non-hydrogen) atoms. The highest BCUT2D eigenvalue weighted by Crippen LogP contribution is 2.20. The summed E-state index contributed by atoms with van der Waals surface area (Å²) in [5.41, 5.74) is 0.556. The Morgan fingerprint density at radius 3 is 2.48 bits per heavy atom. The Bertz CT molecular complexity index is 566. The van der Waals surface area contributed by atoms with Gasteiger partial charge in [-0.3, -0.25) is 0 Å². The highest BCUT2D eigenvalue weighted by atomic mass is 32.2. The van der Waals surface area contributed by atoms with Crippen molar-refractivity contribution in [2.24, 2.45) is 0 Å². The third kappa shape index (κ3) is 4.03. The number of hydrogen-bond acceptors (Lipinski definition) is 5. The number of ether oxygens (including phenoxy) is 2. The molecule has 0 aliphatic carbocycles. The molecule has 1 fully saturated rings. The van der Waals surface area contributed by atoms with Gasteiger partial charge in [-0.25, -0.2) is 13.2 Å². The van der Waals surface area contributed by atoms with Gasteiger partial charge < -0.3 is 9.47 Å². The van der Waals surface area contributed by atoms with Crippen molar-refractivity contribution in [2.45, 2.75) is 24.1 Å². The lowest BCUT2D eigenvalue weighted by Crippen LogP contribution is -2.42. The lowest BCUT2D eigenvalue weighted by atomic mass is 10.1. The molecule has 6 nitrogen and oxygen atoms in total. The molecule has 1 unspecified atom stereocenters. The summed E-state index contributed by atoms with van der Waals surface area (Å²) in [6, 6.07) is 7.64. The Morgan fingerprint density at radius 2 is 1.90 bits per heavy atom. The molecule has 0 radical (unpaired) electrons. The van der Waals surface area contributed by atoms with Crippen LogP contribution in [0.3, 0.4) is 0 Å². The minimum atomic E-state index is -3.62. The van der Waals surface area contributed by atoms with E-state index in [1.54, 1.807) is 30.3 Å². The number of hydrogen-bond donors (Lipinski definition) is 1. The number of nitrogens with one attached hydrogen (secondary N) is 1. The fourth-order valence-electron chi connectivity index (χ4n) is 2.26. The second kappa shape index (κ2) is 7.02. The molecule has 1 heterocycles. The normalized spacial score (nSPS) is 18.1. The smallest absolute Gasteiger partial charge is 0.328 e. The van der Waals surface area contributed by atoms with Crippen LogP contribution in [0.15, 0.2) is 30.3 Å². The third-order valence-corrected chi connectivity index (χ3v) is 5.37. The molecule has 1 aromatic rings. The second-order valence-electron chi connectivity index (χ2n) is 4.84. The molecular formula is C14H19NO5S. The SMILES string of the molecule is COC(=O)C(NS(=O)(=O)C1CCOCC1)c1ccccc1. The van der Waals surface area contributed by atoms with Crippen LogP contribution < -0.4 is 4.72 Å². The van der Waals surface area contributed by atoms with E-state index in [0.717, 1.165) is 0 Å². The first-order valence-electron chi connectivity index (χ1n) is 6.76. The summed E-state index contributed by atoms with van der Waals surface area (Å²) >= 11 is 0. The maximum absolute atomic E-state index is 12.4. The molecule has 1 atom stereocenters. The topological polar surface area (TPSA) is 81.7 Å². The summed E-state index contributed by atoms with van der Waals surface area (Å²) in [5, 5.41) is -0.540. The van der Waals surface area contributed by atoms with E-state index >= 15 is 0 Å². The van der Waals surface area contributed by atoms with Gasteiger partial charge in [-0.2, -0.15) is 4.72 Å². The molecule has 1 saturated heterocycles. The zero-order valence-electron chi connectivity index (χ0n) is 11.8. The van der Waals surface area contributed by atoms with Crippen LogP contribution in [0.25, 0.3) is 0 Å². The van der Waals surface area contributed by atoms with E-state index in [1.807, 2.05) is 0 Å². The lowest BCUT2D eigenvalue weighted by molar-refractivity contribution is -0.142. The zero-order valence-corrected chi connectivity index (χ0v) is 12.6. The van der Waals surface area contributed by atoms with Crippen LogP contribution in [0.1, 0.15) is 24.4 Å². The summed E-state index contributed by atoms with van der Waals surface area (Å²) < 4.78 is 37.2. The monoisotopic (exact) mass is 313 g/mol. The summed E-state index contributed by atoms with van der Waals surface area (Å²) in [6.45, 7) is 0.833. The molecule has 0 saturated carbocycles. The van der Waals surface area contributed by atoms with Crippen LogP contribution in [-0.4, -0.2) is 40.0 Å². The van der Waals surface area contributed by atoms with Crippen molar-refractivity contribution in [3.8, 4) is 0 Å². The number of rotatable bonds is 5. The highest BCUT2D eigenvalue weighted by Gasteiger charge is 2.33. The molecule has 1 N–H and O–H groups in total. The van der Waals surface area contributed by atoms with Crippen molar-refractivity contribution in [2.75, 3.05) is 20.3 Å². The fourth-order valence-corrected chi connectivity index (χ4v) is 3.83. The van der Waals surface area contributed by atoms with Crippen molar-refractivity contribution < 1.29 is 22.7 Å². The number of esters is 1. The second-order valence-corrected chi connectivity index (χ2v) is 6.83. The minimum Gasteiger partial charge on any atom is -0.468 e. The van der Waals surface area contributed by atoms with Crippen LogP contribution in [0, 0.1) is 0 Å². The molecule has 1 aliphatic rings. The van der Waals surface area contributed by atoms with Gasteiger partial charge >= 0.3 is 5.97 Å². The predicted molar refractivity (Wildman–Crippen MR) is 77.1 cm³/mol. The number of methoxy groups -OCH3 is 1. The molecule has 7 heteroatoms. The lowest BCUT2D eigenvalue weighted by Gasteiger charge is -2.25. The van der Waals surface area contributed by atoms with Crippen molar-refractivity contribution in [3.05, 3.63) is 35.9 Å². The summed E-state index contributed by atoms with van der Waals surface area (Å²) in [5.74, 6) is -0.628. The average molecular weight is 313 g/mol. The molecule has 0 bridgehead atoms. The van der Waals surface area contributed by atoms with Crippen molar-refractivity contribution in [3.63, 3.8) is 0 Å². The number of carbonyl (C=O) groups is 1. The standard InChI is InChI=1S/C14H19NO5S/c1-19-14(16)13(11-5-3-2-4-6-11)15-21(17,18)12-7-9-20-10-8-12/h2-6,12-13,15H,7-10H2,1H3. The van der Waals surface area contributed by atoms with E-state index in [9.17, 15) is 13.2 Å². The maximum atomic E-state index is 12.4. The first kappa shape index (κ1) is 15.9. The van der Waals surface area contributed by atoms with Gasteiger partial charge in [-0.1, -0.05) is 30.3 Å². The van der Waals surface area contributed by atoms with Crippen LogP contribution in [0.5, 0.6) is 0 Å². The largest absolute Gasteiger partial charge is 0.468 e. The van der Waals surface area contributed by atoms with Crippen molar-refractivity contribution >= 4 is 16.0 Å². The van der Waals surface area contributed by atoms with Gasteiger partial charge in [-0.15, -0.1) is 0 Å². The van der Waals surface area contributed by atoms with E-state index in [1.165, 1.54) is 7.11 Å². The van der Waals surface area contributed by atoms with Crippen LogP contribution >= 0.6 is 0 Å². The summed E-state index contributed by atoms with van der Waals surface area (Å²) in [4.78, 5) is 11.9. The Kier molecular flexibility index (Phi) is 5.33. The predicted octanol–water partition coefficient (Wildman–Crippen LogP) is 0.999. The molecule has 1 aromatic carbocycles. The van der Waals surface area contributed by atoms with E-state index in [-0.39, 0.29) is 0 Å². The van der Waals surface area contributed by atoms with E-state index in [4.69, 9.17) is 9.47 Å². The quantitative estimate of drug-likeness (QED) is 0.820. The Hall–Kier alpha value is -1.44. The first-order chi connectivity index (χ1) is 10.0. The molecule has 1 aliphatic heterocycles. The Balaban J connectivity index is 2.20. The van der Waals surface area contributed by atoms with Gasteiger partial charge in [0, 0.05) is 13.2 Å². The van der Waals surface area contributed by atoms with Gasteiger partial charge in [0.15, 0.2) is 0 Å².